The van der Waals surface area contributed by atoms with Crippen molar-refractivity contribution in [3.05, 3.63) is 5.82 Å². The molecule has 0 spiro atoms. The molecule has 1 N–H and O–H groups in total. The van der Waals surface area contributed by atoms with Crippen LogP contribution in [0.2, 0.25) is 0 Å². The maximum Gasteiger partial charge on any atom is 0.244 e. The molecule has 0 aliphatic rings. The standard InChI is InChI=1S/C10H18N4OS/c1-5-14(6-2)9(15)7(3)11-10-12-8(4)13-16-10/h7H,5-6H2,1-4H3,(H,11,12,13). The third-order valence-corrected chi connectivity index (χ3v) is 3.05. The van der Waals surface area contributed by atoms with Crippen molar-refractivity contribution >= 4 is 22.6 Å². The van der Waals surface area contributed by atoms with Crippen molar-refractivity contribution in [2.24, 2.45) is 0 Å². The van der Waals surface area contributed by atoms with E-state index in [1.165, 1.54) is 11.5 Å². The minimum atomic E-state index is -0.257. The van der Waals surface area contributed by atoms with Gasteiger partial charge in [-0.05, 0) is 27.7 Å². The van der Waals surface area contributed by atoms with Crippen LogP contribution < -0.4 is 5.32 Å². The zero-order chi connectivity index (χ0) is 12.1. The summed E-state index contributed by atoms with van der Waals surface area (Å²) in [6.45, 7) is 9.09. The third-order valence-electron chi connectivity index (χ3n) is 2.31. The molecule has 0 bridgehead atoms. The minimum absolute atomic E-state index is 0.0952. The molecule has 5 nitrogen and oxygen atoms in total. The van der Waals surface area contributed by atoms with Gasteiger partial charge in [-0.15, -0.1) is 0 Å². The van der Waals surface area contributed by atoms with Crippen LogP contribution in [-0.2, 0) is 4.79 Å². The molecule has 0 saturated carbocycles. The first-order valence-corrected chi connectivity index (χ1v) is 6.21. The maximum absolute atomic E-state index is 11.9. The van der Waals surface area contributed by atoms with E-state index in [1.807, 2.05) is 27.7 Å². The lowest BCUT2D eigenvalue weighted by Gasteiger charge is -2.23. The van der Waals surface area contributed by atoms with E-state index in [0.29, 0.717) is 5.13 Å². The number of nitrogens with one attached hydrogen (secondary N) is 1. The molecule has 0 aliphatic carbocycles. The maximum atomic E-state index is 11.9. The van der Waals surface area contributed by atoms with Gasteiger partial charge in [-0.25, -0.2) is 4.98 Å². The molecule has 0 fully saturated rings. The van der Waals surface area contributed by atoms with Crippen LogP contribution in [0.1, 0.15) is 26.6 Å². The number of carbonyl (C=O) groups excluding carboxylic acids is 1. The van der Waals surface area contributed by atoms with E-state index in [2.05, 4.69) is 14.7 Å². The highest BCUT2D eigenvalue weighted by Gasteiger charge is 2.18. The van der Waals surface area contributed by atoms with Gasteiger partial charge in [0.15, 0.2) is 0 Å². The molecule has 0 aliphatic heterocycles. The van der Waals surface area contributed by atoms with Crippen molar-refractivity contribution in [1.29, 1.82) is 0 Å². The monoisotopic (exact) mass is 242 g/mol. The average Bonchev–Trinajstić information content (AvgIpc) is 2.65. The molecule has 1 amide bonds. The second kappa shape index (κ2) is 5.79. The van der Waals surface area contributed by atoms with Crippen LogP contribution in [0.5, 0.6) is 0 Å². The van der Waals surface area contributed by atoms with Crippen LogP contribution in [0.3, 0.4) is 0 Å². The van der Waals surface area contributed by atoms with Gasteiger partial charge in [-0.1, -0.05) is 0 Å². The van der Waals surface area contributed by atoms with Crippen molar-refractivity contribution in [3.8, 4) is 0 Å². The van der Waals surface area contributed by atoms with Gasteiger partial charge in [0, 0.05) is 24.6 Å². The number of nitrogens with zero attached hydrogens (tertiary/aromatic N) is 3. The first kappa shape index (κ1) is 12.9. The topological polar surface area (TPSA) is 58.1 Å². The van der Waals surface area contributed by atoms with Crippen LogP contribution >= 0.6 is 11.5 Å². The smallest absolute Gasteiger partial charge is 0.244 e. The molecular formula is C10H18N4OS. The lowest BCUT2D eigenvalue weighted by atomic mass is 10.3. The summed E-state index contributed by atoms with van der Waals surface area (Å²) in [4.78, 5) is 17.9. The van der Waals surface area contributed by atoms with Crippen molar-refractivity contribution in [2.45, 2.75) is 33.7 Å². The summed E-state index contributed by atoms with van der Waals surface area (Å²) in [7, 11) is 0. The van der Waals surface area contributed by atoms with E-state index in [1.54, 1.807) is 4.90 Å². The Morgan fingerprint density at radius 2 is 2.12 bits per heavy atom. The van der Waals surface area contributed by atoms with Crippen molar-refractivity contribution in [2.75, 3.05) is 18.4 Å². The minimum Gasteiger partial charge on any atom is -0.349 e. The Morgan fingerprint density at radius 1 is 1.50 bits per heavy atom. The number of amides is 1. The van der Waals surface area contributed by atoms with Crippen molar-refractivity contribution < 1.29 is 4.79 Å². The molecule has 0 radical (unpaired) electrons. The second-order valence-corrected chi connectivity index (χ2v) is 4.28. The van der Waals surface area contributed by atoms with Gasteiger partial charge in [0.25, 0.3) is 0 Å². The molecule has 6 heteroatoms. The summed E-state index contributed by atoms with van der Waals surface area (Å²) >= 11 is 1.28. The summed E-state index contributed by atoms with van der Waals surface area (Å²) in [6.07, 6.45) is 0. The summed E-state index contributed by atoms with van der Waals surface area (Å²) < 4.78 is 4.06. The van der Waals surface area contributed by atoms with Crippen LogP contribution in [0.25, 0.3) is 0 Å². The Morgan fingerprint density at radius 3 is 2.56 bits per heavy atom. The largest absolute Gasteiger partial charge is 0.349 e. The van der Waals surface area contributed by atoms with E-state index in [0.717, 1.165) is 18.9 Å². The lowest BCUT2D eigenvalue weighted by molar-refractivity contribution is -0.131. The fourth-order valence-corrected chi connectivity index (χ4v) is 2.07. The average molecular weight is 242 g/mol. The van der Waals surface area contributed by atoms with Gasteiger partial charge in [0.1, 0.15) is 11.9 Å². The summed E-state index contributed by atoms with van der Waals surface area (Å²) in [5, 5.41) is 3.76. The molecule has 16 heavy (non-hydrogen) atoms. The van der Waals surface area contributed by atoms with Gasteiger partial charge >= 0.3 is 0 Å². The molecular weight excluding hydrogens is 224 g/mol. The van der Waals surface area contributed by atoms with Gasteiger partial charge in [0.05, 0.1) is 0 Å². The SMILES string of the molecule is CCN(CC)C(=O)C(C)Nc1nc(C)ns1. The molecule has 1 aromatic heterocycles. The molecule has 1 rings (SSSR count). The van der Waals surface area contributed by atoms with E-state index < -0.39 is 0 Å². The Labute approximate surface area is 100 Å². The van der Waals surface area contributed by atoms with Gasteiger partial charge in [-0.2, -0.15) is 4.37 Å². The van der Waals surface area contributed by atoms with Crippen LogP contribution in [0, 0.1) is 6.92 Å². The van der Waals surface area contributed by atoms with Crippen LogP contribution in [-0.4, -0.2) is 39.3 Å². The van der Waals surface area contributed by atoms with E-state index in [-0.39, 0.29) is 11.9 Å². The Bertz CT molecular complexity index is 348. The number of hydrogen-bond acceptors (Lipinski definition) is 5. The first-order chi connectivity index (χ1) is 7.58. The fourth-order valence-electron chi connectivity index (χ4n) is 1.41. The van der Waals surface area contributed by atoms with Crippen LogP contribution in [0.4, 0.5) is 5.13 Å². The molecule has 0 aromatic carbocycles. The number of aromatic nitrogens is 2. The summed E-state index contributed by atoms with van der Waals surface area (Å²) in [5.74, 6) is 0.827. The molecule has 1 unspecified atom stereocenters. The fraction of sp³-hybridized carbons (Fsp3) is 0.700. The molecule has 1 heterocycles. The number of likely N-dealkylation sites (N-methyl/N-ethyl adjacent to an activating group) is 1. The molecule has 90 valence electrons. The molecule has 0 saturated heterocycles. The Balaban J connectivity index is 2.57. The highest BCUT2D eigenvalue weighted by Crippen LogP contribution is 2.12. The zero-order valence-electron chi connectivity index (χ0n) is 10.1. The highest BCUT2D eigenvalue weighted by atomic mass is 32.1. The Hall–Kier alpha value is -1.17. The second-order valence-electron chi connectivity index (χ2n) is 3.52. The third kappa shape index (κ3) is 3.16. The Kier molecular flexibility index (Phi) is 4.67. The van der Waals surface area contributed by atoms with Gasteiger partial charge < -0.3 is 10.2 Å². The molecule has 1 atom stereocenters. The highest BCUT2D eigenvalue weighted by molar-refractivity contribution is 7.09. The van der Waals surface area contributed by atoms with E-state index in [4.69, 9.17) is 0 Å². The number of rotatable bonds is 5. The van der Waals surface area contributed by atoms with Gasteiger partial charge in [0.2, 0.25) is 11.0 Å². The number of aryl methyl sites for hydroxylation is 1. The summed E-state index contributed by atoms with van der Waals surface area (Å²) in [5.41, 5.74) is 0. The lowest BCUT2D eigenvalue weighted by Crippen LogP contribution is -2.41. The predicted molar refractivity (Wildman–Crippen MR) is 65.7 cm³/mol. The number of carbonyl (C=O) groups is 1. The van der Waals surface area contributed by atoms with Crippen molar-refractivity contribution in [1.82, 2.24) is 14.3 Å². The summed E-state index contributed by atoms with van der Waals surface area (Å²) in [6, 6.07) is -0.257. The zero-order valence-corrected chi connectivity index (χ0v) is 11.0. The normalized spacial score (nSPS) is 12.2. The number of hydrogen-bond donors (Lipinski definition) is 1. The number of anilines is 1. The van der Waals surface area contributed by atoms with E-state index in [9.17, 15) is 4.79 Å². The van der Waals surface area contributed by atoms with Crippen molar-refractivity contribution in [3.63, 3.8) is 0 Å². The molecule has 1 aromatic rings. The first-order valence-electron chi connectivity index (χ1n) is 5.44. The van der Waals surface area contributed by atoms with Crippen LogP contribution in [0.15, 0.2) is 0 Å². The predicted octanol–water partition coefficient (Wildman–Crippen LogP) is 1.52. The quantitative estimate of drug-likeness (QED) is 0.850. The van der Waals surface area contributed by atoms with E-state index >= 15 is 0 Å². The van der Waals surface area contributed by atoms with Gasteiger partial charge in [-0.3, -0.25) is 4.79 Å².